The molecule has 1 fully saturated rings. The second-order valence-electron chi connectivity index (χ2n) is 6.58. The molecule has 0 aromatic heterocycles. The van der Waals surface area contributed by atoms with Gasteiger partial charge in [0.05, 0.1) is 13.2 Å². The van der Waals surface area contributed by atoms with Gasteiger partial charge in [-0.15, -0.1) is 24.0 Å². The molecule has 1 amide bonds. The second-order valence-corrected chi connectivity index (χ2v) is 6.58. The van der Waals surface area contributed by atoms with Gasteiger partial charge in [-0.2, -0.15) is 0 Å². The Morgan fingerprint density at radius 3 is 2.81 bits per heavy atom. The van der Waals surface area contributed by atoms with Crippen LogP contribution in [-0.4, -0.2) is 56.6 Å². The van der Waals surface area contributed by atoms with Crippen molar-refractivity contribution in [1.29, 1.82) is 0 Å². The topological polar surface area (TPSA) is 66.0 Å². The maximum absolute atomic E-state index is 12.2. The van der Waals surface area contributed by atoms with Gasteiger partial charge in [0.15, 0.2) is 5.96 Å². The summed E-state index contributed by atoms with van der Waals surface area (Å²) in [5.41, 5.74) is 2.59. The third kappa shape index (κ3) is 5.75. The third-order valence-corrected chi connectivity index (χ3v) is 4.80. The van der Waals surface area contributed by atoms with Crippen LogP contribution in [0.1, 0.15) is 30.4 Å². The maximum Gasteiger partial charge on any atom is 0.241 e. The van der Waals surface area contributed by atoms with Gasteiger partial charge in [-0.05, 0) is 42.9 Å². The van der Waals surface area contributed by atoms with E-state index in [1.165, 1.54) is 17.5 Å². The summed E-state index contributed by atoms with van der Waals surface area (Å²) >= 11 is 0. The first-order valence-electron chi connectivity index (χ1n) is 9.23. The number of piperidine rings is 1. The van der Waals surface area contributed by atoms with Crippen molar-refractivity contribution in [3.05, 3.63) is 29.3 Å². The molecule has 0 radical (unpaired) electrons. The monoisotopic (exact) mass is 472 g/mol. The molecule has 1 aromatic rings. The highest BCUT2D eigenvalue weighted by Crippen LogP contribution is 2.25. The molecule has 1 saturated heterocycles. The Balaban J connectivity index is 0.00000243. The van der Waals surface area contributed by atoms with E-state index in [-0.39, 0.29) is 29.9 Å². The fourth-order valence-corrected chi connectivity index (χ4v) is 3.36. The molecule has 3 rings (SSSR count). The number of rotatable bonds is 5. The zero-order valence-electron chi connectivity index (χ0n) is 15.4. The zero-order valence-corrected chi connectivity index (χ0v) is 17.8. The average molecular weight is 472 g/mol. The van der Waals surface area contributed by atoms with Crippen LogP contribution >= 0.6 is 24.0 Å². The minimum Gasteiger partial charge on any atom is -0.493 e. The number of guanidine groups is 1. The number of amides is 1. The minimum absolute atomic E-state index is 0. The Hall–Kier alpha value is -1.51. The van der Waals surface area contributed by atoms with Crippen molar-refractivity contribution in [3.63, 3.8) is 0 Å². The maximum atomic E-state index is 12.2. The van der Waals surface area contributed by atoms with E-state index in [1.54, 1.807) is 7.05 Å². The number of nitrogens with zero attached hydrogens (tertiary/aromatic N) is 2. The number of carbonyl (C=O) groups is 1. The van der Waals surface area contributed by atoms with Crippen molar-refractivity contribution < 1.29 is 9.53 Å². The van der Waals surface area contributed by atoms with Crippen molar-refractivity contribution in [3.8, 4) is 5.75 Å². The van der Waals surface area contributed by atoms with E-state index in [9.17, 15) is 4.79 Å². The minimum atomic E-state index is 0. The first-order valence-corrected chi connectivity index (χ1v) is 9.23. The molecule has 2 aliphatic rings. The van der Waals surface area contributed by atoms with Crippen LogP contribution in [0.25, 0.3) is 0 Å². The third-order valence-electron chi connectivity index (χ3n) is 4.80. The van der Waals surface area contributed by atoms with Gasteiger partial charge >= 0.3 is 0 Å². The molecule has 0 saturated carbocycles. The Morgan fingerprint density at radius 2 is 2.04 bits per heavy atom. The number of benzene rings is 1. The van der Waals surface area contributed by atoms with Crippen LogP contribution in [0.5, 0.6) is 5.75 Å². The van der Waals surface area contributed by atoms with Crippen molar-refractivity contribution >= 4 is 35.8 Å². The van der Waals surface area contributed by atoms with E-state index < -0.39 is 0 Å². The molecule has 2 heterocycles. The van der Waals surface area contributed by atoms with Crippen LogP contribution in [0.2, 0.25) is 0 Å². The molecule has 26 heavy (non-hydrogen) atoms. The summed E-state index contributed by atoms with van der Waals surface area (Å²) in [5.74, 6) is 1.85. The number of fused-ring (bicyclic) bond motifs is 1. The predicted molar refractivity (Wildman–Crippen MR) is 115 cm³/mol. The van der Waals surface area contributed by atoms with Gasteiger partial charge in [-0.1, -0.05) is 12.1 Å². The summed E-state index contributed by atoms with van der Waals surface area (Å²) in [7, 11) is 1.73. The molecule has 2 N–H and O–H groups in total. The molecule has 0 spiro atoms. The molecule has 7 heteroatoms. The van der Waals surface area contributed by atoms with Crippen LogP contribution in [0.4, 0.5) is 0 Å². The van der Waals surface area contributed by atoms with Gasteiger partial charge in [-0.3, -0.25) is 9.79 Å². The number of nitrogens with one attached hydrogen (secondary N) is 2. The lowest BCUT2D eigenvalue weighted by molar-refractivity contribution is -0.130. The Kier molecular flexibility index (Phi) is 8.47. The first kappa shape index (κ1) is 20.8. The number of halogens is 1. The van der Waals surface area contributed by atoms with Crippen molar-refractivity contribution in [2.45, 2.75) is 32.1 Å². The first-order chi connectivity index (χ1) is 12.3. The fraction of sp³-hybridized carbons (Fsp3) is 0.579. The molecular formula is C19H29IN4O2. The van der Waals surface area contributed by atoms with E-state index >= 15 is 0 Å². The quantitative estimate of drug-likeness (QED) is 0.391. The lowest BCUT2D eigenvalue weighted by Crippen LogP contribution is -2.46. The highest BCUT2D eigenvalue weighted by molar-refractivity contribution is 14.0. The van der Waals surface area contributed by atoms with Gasteiger partial charge < -0.3 is 20.3 Å². The number of ether oxygens (including phenoxy) is 1. The highest BCUT2D eigenvalue weighted by atomic mass is 127. The Morgan fingerprint density at radius 1 is 1.23 bits per heavy atom. The number of aliphatic imine (C=N–C) groups is 1. The molecule has 2 aliphatic heterocycles. The summed E-state index contributed by atoms with van der Waals surface area (Å²) in [5, 5.41) is 6.40. The summed E-state index contributed by atoms with van der Waals surface area (Å²) < 4.78 is 5.54. The van der Waals surface area contributed by atoms with E-state index in [4.69, 9.17) is 4.74 Å². The lowest BCUT2D eigenvalue weighted by Gasteiger charge is -2.27. The van der Waals surface area contributed by atoms with Gasteiger partial charge in [0, 0.05) is 33.1 Å². The molecule has 144 valence electrons. The summed E-state index contributed by atoms with van der Waals surface area (Å²) in [4.78, 5) is 18.3. The van der Waals surface area contributed by atoms with Crippen LogP contribution in [0.15, 0.2) is 23.2 Å². The van der Waals surface area contributed by atoms with Gasteiger partial charge in [0.1, 0.15) is 5.75 Å². The van der Waals surface area contributed by atoms with Crippen LogP contribution in [0.3, 0.4) is 0 Å². The normalized spacial score (nSPS) is 16.3. The predicted octanol–water partition coefficient (Wildman–Crippen LogP) is 1.96. The van der Waals surface area contributed by atoms with E-state index in [0.717, 1.165) is 57.7 Å². The zero-order chi connectivity index (χ0) is 17.5. The smallest absolute Gasteiger partial charge is 0.241 e. The summed E-state index contributed by atoms with van der Waals surface area (Å²) in [6.45, 7) is 3.63. The van der Waals surface area contributed by atoms with Crippen molar-refractivity contribution in [2.75, 3.05) is 39.8 Å². The molecular weight excluding hydrogens is 443 g/mol. The molecule has 0 bridgehead atoms. The van der Waals surface area contributed by atoms with Gasteiger partial charge in [0.25, 0.3) is 0 Å². The van der Waals surface area contributed by atoms with Crippen LogP contribution in [-0.2, 0) is 17.6 Å². The molecule has 0 aliphatic carbocycles. The fourth-order valence-electron chi connectivity index (χ4n) is 3.36. The van der Waals surface area contributed by atoms with E-state index in [1.807, 2.05) is 4.90 Å². The molecule has 0 atom stereocenters. The van der Waals surface area contributed by atoms with E-state index in [0.29, 0.717) is 12.5 Å². The van der Waals surface area contributed by atoms with Gasteiger partial charge in [-0.25, -0.2) is 0 Å². The van der Waals surface area contributed by atoms with Crippen LogP contribution in [0, 0.1) is 0 Å². The Labute approximate surface area is 172 Å². The summed E-state index contributed by atoms with van der Waals surface area (Å²) in [6, 6.07) is 6.39. The average Bonchev–Trinajstić information content (AvgIpc) is 3.12. The largest absolute Gasteiger partial charge is 0.493 e. The SMILES string of the molecule is CN=C(NCCc1ccc2c(c1)CCO2)NCC(=O)N1CCCCC1.I. The number of hydrogen-bond donors (Lipinski definition) is 2. The van der Waals surface area contributed by atoms with E-state index in [2.05, 4.69) is 33.8 Å². The van der Waals surface area contributed by atoms with Crippen LogP contribution < -0.4 is 15.4 Å². The highest BCUT2D eigenvalue weighted by Gasteiger charge is 2.16. The summed E-state index contributed by atoms with van der Waals surface area (Å²) in [6.07, 6.45) is 5.37. The number of carbonyl (C=O) groups excluding carboxylic acids is 1. The van der Waals surface area contributed by atoms with Crippen molar-refractivity contribution in [1.82, 2.24) is 15.5 Å². The Bertz CT molecular complexity index is 630. The van der Waals surface area contributed by atoms with Gasteiger partial charge in [0.2, 0.25) is 5.91 Å². The molecule has 0 unspecified atom stereocenters. The second kappa shape index (κ2) is 10.6. The number of hydrogen-bond acceptors (Lipinski definition) is 3. The van der Waals surface area contributed by atoms with Crippen molar-refractivity contribution in [2.24, 2.45) is 4.99 Å². The lowest BCUT2D eigenvalue weighted by atomic mass is 10.1. The molecule has 6 nitrogen and oxygen atoms in total. The molecule has 1 aromatic carbocycles. The standard InChI is InChI=1S/C19H28N4O2.HI/c1-20-19(22-14-18(24)23-10-3-2-4-11-23)21-9-7-15-5-6-17-16(13-15)8-12-25-17;/h5-6,13H,2-4,7-12,14H2,1H3,(H2,20,21,22);1H. The number of likely N-dealkylation sites (tertiary alicyclic amines) is 1.